The lowest BCUT2D eigenvalue weighted by molar-refractivity contribution is 0.339. The van der Waals surface area contributed by atoms with Crippen molar-refractivity contribution in [2.24, 2.45) is 0 Å². The molecule has 18 heavy (non-hydrogen) atoms. The van der Waals surface area contributed by atoms with Crippen LogP contribution in [0.4, 0.5) is 0 Å². The fraction of sp³-hybridized carbons (Fsp3) is 0.231. The molecule has 0 saturated carbocycles. The monoisotopic (exact) mass is 264 g/mol. The van der Waals surface area contributed by atoms with Crippen molar-refractivity contribution in [1.82, 2.24) is 9.97 Å². The van der Waals surface area contributed by atoms with E-state index in [-0.39, 0.29) is 5.28 Å². The van der Waals surface area contributed by atoms with E-state index in [0.29, 0.717) is 18.2 Å². The van der Waals surface area contributed by atoms with Gasteiger partial charge in [0.25, 0.3) is 0 Å². The van der Waals surface area contributed by atoms with Crippen LogP contribution in [0.15, 0.2) is 30.3 Å². The van der Waals surface area contributed by atoms with Crippen LogP contribution in [0.5, 0.6) is 17.4 Å². The van der Waals surface area contributed by atoms with Gasteiger partial charge in [-0.2, -0.15) is 4.98 Å². The molecule has 0 bridgehead atoms. The first kappa shape index (κ1) is 12.6. The van der Waals surface area contributed by atoms with Gasteiger partial charge in [0, 0.05) is 11.8 Å². The molecule has 0 spiro atoms. The molecule has 0 N–H and O–H groups in total. The van der Waals surface area contributed by atoms with Crippen LogP contribution in [0.1, 0.15) is 12.6 Å². The molecule has 2 aromatic rings. The Labute approximate surface area is 111 Å². The Kier molecular flexibility index (Phi) is 3.99. The van der Waals surface area contributed by atoms with Crippen molar-refractivity contribution in [1.29, 1.82) is 0 Å². The van der Waals surface area contributed by atoms with E-state index >= 15 is 0 Å². The molecule has 1 aromatic carbocycles. The highest BCUT2D eigenvalue weighted by atomic mass is 35.5. The second-order valence-electron chi connectivity index (χ2n) is 3.62. The molecule has 0 aliphatic carbocycles. The fourth-order valence-electron chi connectivity index (χ4n) is 1.45. The molecule has 5 heteroatoms. The number of benzene rings is 1. The molecule has 0 aliphatic heterocycles. The predicted molar refractivity (Wildman–Crippen MR) is 69.5 cm³/mol. The maximum atomic E-state index is 5.76. The van der Waals surface area contributed by atoms with E-state index in [2.05, 4.69) is 9.97 Å². The molecule has 0 fully saturated rings. The van der Waals surface area contributed by atoms with Crippen molar-refractivity contribution in [3.63, 3.8) is 0 Å². The third-order valence-electron chi connectivity index (χ3n) is 2.16. The molecule has 0 unspecified atom stereocenters. The van der Waals surface area contributed by atoms with Gasteiger partial charge in [0.2, 0.25) is 11.2 Å². The van der Waals surface area contributed by atoms with Crippen LogP contribution in [-0.2, 0) is 0 Å². The smallest absolute Gasteiger partial charge is 0.225 e. The number of aryl methyl sites for hydroxylation is 1. The summed E-state index contributed by atoms with van der Waals surface area (Å²) in [7, 11) is 0. The highest BCUT2D eigenvalue weighted by Gasteiger charge is 2.03. The van der Waals surface area contributed by atoms with Crippen LogP contribution < -0.4 is 9.47 Å². The standard InChI is InChI=1S/C13H13ClN2O2/c1-3-17-10-4-6-11(7-5-10)18-12-8-9(2)15-13(14)16-12/h4-8H,3H2,1-2H3. The molecule has 1 aromatic heterocycles. The summed E-state index contributed by atoms with van der Waals surface area (Å²) in [5, 5.41) is 0.177. The van der Waals surface area contributed by atoms with Gasteiger partial charge in [0.15, 0.2) is 0 Å². The summed E-state index contributed by atoms with van der Waals surface area (Å²) in [5.41, 5.74) is 0.760. The largest absolute Gasteiger partial charge is 0.494 e. The lowest BCUT2D eigenvalue weighted by Crippen LogP contribution is -1.93. The van der Waals surface area contributed by atoms with Crippen molar-refractivity contribution in [3.8, 4) is 17.4 Å². The third-order valence-corrected chi connectivity index (χ3v) is 2.33. The van der Waals surface area contributed by atoms with Crippen LogP contribution >= 0.6 is 11.6 Å². The summed E-state index contributed by atoms with van der Waals surface area (Å²) < 4.78 is 10.9. The summed E-state index contributed by atoms with van der Waals surface area (Å²) >= 11 is 5.76. The summed E-state index contributed by atoms with van der Waals surface area (Å²) in [6, 6.07) is 9.04. The number of aromatic nitrogens is 2. The minimum atomic E-state index is 0.177. The Morgan fingerprint density at radius 2 is 1.78 bits per heavy atom. The first-order chi connectivity index (χ1) is 8.67. The highest BCUT2D eigenvalue weighted by Crippen LogP contribution is 2.23. The van der Waals surface area contributed by atoms with Crippen LogP contribution in [0.3, 0.4) is 0 Å². The zero-order valence-electron chi connectivity index (χ0n) is 10.2. The second kappa shape index (κ2) is 5.69. The van der Waals surface area contributed by atoms with E-state index in [0.717, 1.165) is 11.4 Å². The number of rotatable bonds is 4. The zero-order valence-corrected chi connectivity index (χ0v) is 10.9. The minimum Gasteiger partial charge on any atom is -0.494 e. The van der Waals surface area contributed by atoms with Crippen molar-refractivity contribution in [2.45, 2.75) is 13.8 Å². The van der Waals surface area contributed by atoms with Crippen LogP contribution in [0.2, 0.25) is 5.28 Å². The van der Waals surface area contributed by atoms with Crippen molar-refractivity contribution >= 4 is 11.6 Å². The summed E-state index contributed by atoms with van der Waals surface area (Å²) in [5.74, 6) is 1.91. The molecule has 1 heterocycles. The average molecular weight is 265 g/mol. The highest BCUT2D eigenvalue weighted by molar-refractivity contribution is 6.28. The minimum absolute atomic E-state index is 0.177. The van der Waals surface area contributed by atoms with E-state index in [1.54, 1.807) is 6.07 Å². The Bertz CT molecular complexity index is 509. The molecule has 0 aliphatic rings. The van der Waals surface area contributed by atoms with Crippen molar-refractivity contribution in [2.75, 3.05) is 6.61 Å². The maximum absolute atomic E-state index is 5.76. The second-order valence-corrected chi connectivity index (χ2v) is 3.96. The van der Waals surface area contributed by atoms with Gasteiger partial charge >= 0.3 is 0 Å². The van der Waals surface area contributed by atoms with Crippen molar-refractivity contribution in [3.05, 3.63) is 41.3 Å². The quantitative estimate of drug-likeness (QED) is 0.791. The van der Waals surface area contributed by atoms with Gasteiger partial charge in [-0.05, 0) is 49.7 Å². The Balaban J connectivity index is 2.13. The fourth-order valence-corrected chi connectivity index (χ4v) is 1.66. The lowest BCUT2D eigenvalue weighted by atomic mass is 10.3. The molecular formula is C13H13ClN2O2. The number of ether oxygens (including phenoxy) is 2. The van der Waals surface area contributed by atoms with E-state index in [1.165, 1.54) is 0 Å². The van der Waals surface area contributed by atoms with Gasteiger partial charge in [0.1, 0.15) is 11.5 Å². The maximum Gasteiger partial charge on any atom is 0.225 e. The zero-order chi connectivity index (χ0) is 13.0. The summed E-state index contributed by atoms with van der Waals surface area (Å²) in [6.45, 7) is 4.41. The Hall–Kier alpha value is -1.81. The molecular weight excluding hydrogens is 252 g/mol. The van der Waals surface area contributed by atoms with Crippen LogP contribution in [-0.4, -0.2) is 16.6 Å². The molecule has 2 rings (SSSR count). The van der Waals surface area contributed by atoms with E-state index < -0.39 is 0 Å². The van der Waals surface area contributed by atoms with Gasteiger partial charge in [-0.25, -0.2) is 4.98 Å². The molecule has 94 valence electrons. The number of hydrogen-bond donors (Lipinski definition) is 0. The molecule has 0 radical (unpaired) electrons. The summed E-state index contributed by atoms with van der Waals surface area (Å²) in [6.07, 6.45) is 0. The average Bonchev–Trinajstić information content (AvgIpc) is 2.31. The van der Waals surface area contributed by atoms with Crippen LogP contribution in [0.25, 0.3) is 0 Å². The molecule has 0 amide bonds. The third kappa shape index (κ3) is 3.34. The van der Waals surface area contributed by atoms with E-state index in [9.17, 15) is 0 Å². The van der Waals surface area contributed by atoms with E-state index in [1.807, 2.05) is 38.1 Å². The SMILES string of the molecule is CCOc1ccc(Oc2cc(C)nc(Cl)n2)cc1. The molecule has 4 nitrogen and oxygen atoms in total. The van der Waals surface area contributed by atoms with Gasteiger partial charge in [-0.3, -0.25) is 0 Å². The Morgan fingerprint density at radius 1 is 1.11 bits per heavy atom. The first-order valence-electron chi connectivity index (χ1n) is 5.59. The number of nitrogens with zero attached hydrogens (tertiary/aromatic N) is 2. The normalized spacial score (nSPS) is 10.2. The lowest BCUT2D eigenvalue weighted by Gasteiger charge is -2.07. The Morgan fingerprint density at radius 3 is 2.39 bits per heavy atom. The molecule has 0 atom stereocenters. The van der Waals surface area contributed by atoms with Gasteiger partial charge in [-0.15, -0.1) is 0 Å². The van der Waals surface area contributed by atoms with Crippen LogP contribution in [0, 0.1) is 6.92 Å². The van der Waals surface area contributed by atoms with Gasteiger partial charge < -0.3 is 9.47 Å². The summed E-state index contributed by atoms with van der Waals surface area (Å²) in [4.78, 5) is 7.96. The first-order valence-corrected chi connectivity index (χ1v) is 5.97. The predicted octanol–water partition coefficient (Wildman–Crippen LogP) is 3.63. The van der Waals surface area contributed by atoms with Gasteiger partial charge in [-0.1, -0.05) is 0 Å². The molecule has 0 saturated heterocycles. The van der Waals surface area contributed by atoms with E-state index in [4.69, 9.17) is 21.1 Å². The van der Waals surface area contributed by atoms with Crippen molar-refractivity contribution < 1.29 is 9.47 Å². The number of hydrogen-bond acceptors (Lipinski definition) is 4. The topological polar surface area (TPSA) is 44.2 Å². The number of halogens is 1. The van der Waals surface area contributed by atoms with Gasteiger partial charge in [0.05, 0.1) is 6.61 Å².